The first-order chi connectivity index (χ1) is 8.19. The van der Waals surface area contributed by atoms with Crippen LogP contribution in [0, 0.1) is 6.92 Å². The normalized spacial score (nSPS) is 10.5. The van der Waals surface area contributed by atoms with Crippen LogP contribution in [0.5, 0.6) is 5.75 Å². The first-order valence-electron chi connectivity index (χ1n) is 5.70. The van der Waals surface area contributed by atoms with Gasteiger partial charge >= 0.3 is 0 Å². The summed E-state index contributed by atoms with van der Waals surface area (Å²) in [7, 11) is 0. The maximum atomic E-state index is 5.74. The molecule has 1 aromatic carbocycles. The SMILES string of the molecule is CCn1cc(COc2ccc(C)cc2)nc1N. The first-order valence-corrected chi connectivity index (χ1v) is 5.70. The molecule has 0 aliphatic heterocycles. The molecule has 0 spiro atoms. The zero-order chi connectivity index (χ0) is 12.3. The molecular formula is C13H17N3O. The monoisotopic (exact) mass is 231 g/mol. The highest BCUT2D eigenvalue weighted by Gasteiger charge is 2.03. The van der Waals surface area contributed by atoms with Gasteiger partial charge in [-0.15, -0.1) is 0 Å². The Hall–Kier alpha value is -1.97. The number of anilines is 1. The topological polar surface area (TPSA) is 53.1 Å². The van der Waals surface area contributed by atoms with Crippen molar-refractivity contribution in [2.45, 2.75) is 27.0 Å². The number of imidazole rings is 1. The zero-order valence-electron chi connectivity index (χ0n) is 10.2. The molecule has 0 radical (unpaired) electrons. The van der Waals surface area contributed by atoms with Crippen LogP contribution in [0.4, 0.5) is 5.95 Å². The number of nitrogens with zero attached hydrogens (tertiary/aromatic N) is 2. The van der Waals surface area contributed by atoms with Gasteiger partial charge in [0.05, 0.1) is 5.69 Å². The molecule has 4 nitrogen and oxygen atoms in total. The second kappa shape index (κ2) is 4.91. The molecule has 1 aromatic heterocycles. The van der Waals surface area contributed by atoms with Crippen molar-refractivity contribution < 1.29 is 4.74 Å². The number of benzene rings is 1. The first kappa shape index (κ1) is 11.5. The van der Waals surface area contributed by atoms with E-state index in [0.717, 1.165) is 18.0 Å². The smallest absolute Gasteiger partial charge is 0.200 e. The van der Waals surface area contributed by atoms with Crippen LogP contribution in [0.1, 0.15) is 18.2 Å². The molecule has 2 rings (SSSR count). The Morgan fingerprint density at radius 1 is 1.29 bits per heavy atom. The lowest BCUT2D eigenvalue weighted by molar-refractivity contribution is 0.302. The summed E-state index contributed by atoms with van der Waals surface area (Å²) in [6, 6.07) is 7.95. The number of aromatic nitrogens is 2. The lowest BCUT2D eigenvalue weighted by atomic mass is 10.2. The van der Waals surface area contributed by atoms with Gasteiger partial charge in [-0.3, -0.25) is 0 Å². The Morgan fingerprint density at radius 3 is 2.59 bits per heavy atom. The van der Waals surface area contributed by atoms with E-state index >= 15 is 0 Å². The van der Waals surface area contributed by atoms with E-state index in [9.17, 15) is 0 Å². The van der Waals surface area contributed by atoms with Gasteiger partial charge in [0, 0.05) is 12.7 Å². The molecule has 0 amide bonds. The van der Waals surface area contributed by atoms with Gasteiger partial charge in [-0.2, -0.15) is 0 Å². The minimum absolute atomic E-state index is 0.445. The largest absolute Gasteiger partial charge is 0.487 e. The Labute approximate surface area is 101 Å². The molecule has 0 aliphatic carbocycles. The van der Waals surface area contributed by atoms with Gasteiger partial charge in [-0.05, 0) is 26.0 Å². The molecule has 0 saturated carbocycles. The summed E-state index contributed by atoms with van der Waals surface area (Å²) < 4.78 is 7.53. The van der Waals surface area contributed by atoms with E-state index in [1.165, 1.54) is 5.56 Å². The Morgan fingerprint density at radius 2 is 2.00 bits per heavy atom. The van der Waals surface area contributed by atoms with E-state index in [0.29, 0.717) is 12.6 Å². The van der Waals surface area contributed by atoms with Gasteiger partial charge < -0.3 is 15.0 Å². The Bertz CT molecular complexity index is 488. The van der Waals surface area contributed by atoms with Crippen molar-refractivity contribution in [2.75, 3.05) is 5.73 Å². The minimum Gasteiger partial charge on any atom is -0.487 e. The predicted octanol–water partition coefficient (Wildman–Crippen LogP) is 2.37. The van der Waals surface area contributed by atoms with Crippen molar-refractivity contribution in [1.29, 1.82) is 0 Å². The van der Waals surface area contributed by atoms with E-state index in [2.05, 4.69) is 4.98 Å². The van der Waals surface area contributed by atoms with Crippen molar-refractivity contribution in [1.82, 2.24) is 9.55 Å². The Balaban J connectivity index is 1.99. The molecule has 1 heterocycles. The van der Waals surface area contributed by atoms with Gasteiger partial charge in [-0.25, -0.2) is 4.98 Å². The van der Waals surface area contributed by atoms with Crippen LogP contribution in [-0.4, -0.2) is 9.55 Å². The molecule has 0 fully saturated rings. The maximum absolute atomic E-state index is 5.74. The van der Waals surface area contributed by atoms with Crippen LogP contribution in [0.15, 0.2) is 30.5 Å². The van der Waals surface area contributed by atoms with Crippen molar-refractivity contribution in [3.63, 3.8) is 0 Å². The van der Waals surface area contributed by atoms with Crippen LogP contribution >= 0.6 is 0 Å². The number of nitrogen functional groups attached to an aromatic ring is 1. The fraction of sp³-hybridized carbons (Fsp3) is 0.308. The number of hydrogen-bond donors (Lipinski definition) is 1. The van der Waals surface area contributed by atoms with Gasteiger partial charge in [0.1, 0.15) is 12.4 Å². The van der Waals surface area contributed by atoms with E-state index < -0.39 is 0 Å². The molecule has 0 saturated heterocycles. The number of aryl methyl sites for hydroxylation is 2. The molecular weight excluding hydrogens is 214 g/mol. The van der Waals surface area contributed by atoms with Gasteiger partial charge in [0.2, 0.25) is 0 Å². The van der Waals surface area contributed by atoms with Gasteiger partial charge in [-0.1, -0.05) is 17.7 Å². The lowest BCUT2D eigenvalue weighted by Crippen LogP contribution is -1.98. The summed E-state index contributed by atoms with van der Waals surface area (Å²) in [5, 5.41) is 0. The van der Waals surface area contributed by atoms with Crippen molar-refractivity contribution in [2.24, 2.45) is 0 Å². The van der Waals surface area contributed by atoms with Crippen LogP contribution in [-0.2, 0) is 13.2 Å². The summed E-state index contributed by atoms with van der Waals surface area (Å²) in [5.41, 5.74) is 7.81. The summed E-state index contributed by atoms with van der Waals surface area (Å²) in [4.78, 5) is 4.23. The quantitative estimate of drug-likeness (QED) is 0.878. The Kier molecular flexibility index (Phi) is 3.32. The van der Waals surface area contributed by atoms with Crippen LogP contribution in [0.3, 0.4) is 0 Å². The standard InChI is InChI=1S/C13H17N3O/c1-3-16-8-11(15-13(16)14)9-17-12-6-4-10(2)5-7-12/h4-8H,3,9H2,1-2H3,(H2,14,15). The van der Waals surface area contributed by atoms with E-state index in [1.807, 2.05) is 48.9 Å². The molecule has 0 atom stereocenters. The molecule has 0 aliphatic rings. The molecule has 17 heavy (non-hydrogen) atoms. The van der Waals surface area contributed by atoms with Gasteiger partial charge in [0.15, 0.2) is 5.95 Å². The third-order valence-electron chi connectivity index (χ3n) is 2.61. The second-order valence-electron chi connectivity index (χ2n) is 3.98. The van der Waals surface area contributed by atoms with Crippen molar-refractivity contribution in [3.05, 3.63) is 41.7 Å². The fourth-order valence-corrected chi connectivity index (χ4v) is 1.60. The van der Waals surface area contributed by atoms with E-state index in [1.54, 1.807) is 0 Å². The maximum Gasteiger partial charge on any atom is 0.200 e. The molecule has 0 unspecified atom stereocenters. The highest BCUT2D eigenvalue weighted by atomic mass is 16.5. The zero-order valence-corrected chi connectivity index (χ0v) is 10.2. The summed E-state index contributed by atoms with van der Waals surface area (Å²) in [6.45, 7) is 5.35. The fourth-order valence-electron chi connectivity index (χ4n) is 1.60. The number of hydrogen-bond acceptors (Lipinski definition) is 3. The summed E-state index contributed by atoms with van der Waals surface area (Å²) in [6.07, 6.45) is 1.92. The highest BCUT2D eigenvalue weighted by Crippen LogP contribution is 2.14. The van der Waals surface area contributed by atoms with E-state index in [4.69, 9.17) is 10.5 Å². The molecule has 2 aromatic rings. The minimum atomic E-state index is 0.445. The van der Waals surface area contributed by atoms with E-state index in [-0.39, 0.29) is 0 Å². The van der Waals surface area contributed by atoms with Gasteiger partial charge in [0.25, 0.3) is 0 Å². The lowest BCUT2D eigenvalue weighted by Gasteiger charge is -2.03. The number of ether oxygens (including phenoxy) is 1. The van der Waals surface area contributed by atoms with Crippen LogP contribution < -0.4 is 10.5 Å². The van der Waals surface area contributed by atoms with Crippen molar-refractivity contribution >= 4 is 5.95 Å². The molecule has 0 bridgehead atoms. The molecule has 2 N–H and O–H groups in total. The van der Waals surface area contributed by atoms with Crippen LogP contribution in [0.2, 0.25) is 0 Å². The molecule has 4 heteroatoms. The second-order valence-corrected chi connectivity index (χ2v) is 3.98. The average Bonchev–Trinajstić information content (AvgIpc) is 2.69. The van der Waals surface area contributed by atoms with Crippen LogP contribution in [0.25, 0.3) is 0 Å². The summed E-state index contributed by atoms with van der Waals surface area (Å²) >= 11 is 0. The average molecular weight is 231 g/mol. The number of nitrogens with two attached hydrogens (primary N) is 1. The van der Waals surface area contributed by atoms with Crippen molar-refractivity contribution in [3.8, 4) is 5.75 Å². The highest BCUT2D eigenvalue weighted by molar-refractivity contribution is 5.27. The third-order valence-corrected chi connectivity index (χ3v) is 2.61. The predicted molar refractivity (Wildman–Crippen MR) is 67.8 cm³/mol. The molecule has 90 valence electrons. The summed E-state index contributed by atoms with van der Waals surface area (Å²) in [5.74, 6) is 1.38. The number of rotatable bonds is 4. The third kappa shape index (κ3) is 2.78.